The van der Waals surface area contributed by atoms with Crippen molar-refractivity contribution in [2.24, 2.45) is 0 Å². The highest BCUT2D eigenvalue weighted by Gasteiger charge is 2.42. The molecule has 94 valence electrons. The summed E-state index contributed by atoms with van der Waals surface area (Å²) in [6.07, 6.45) is 3.69. The lowest BCUT2D eigenvalue weighted by Crippen LogP contribution is -2.21. The first-order valence-corrected chi connectivity index (χ1v) is 7.38. The molecule has 3 atom stereocenters. The van der Waals surface area contributed by atoms with Crippen LogP contribution in [0.25, 0.3) is 11.4 Å². The zero-order valence-electron chi connectivity index (χ0n) is 10.2. The summed E-state index contributed by atoms with van der Waals surface area (Å²) in [6, 6.07) is 1.21. The molecule has 2 saturated heterocycles. The molecular weight excluding hydrogens is 246 g/mol. The largest absolute Gasteiger partial charge is 0.339 e. The second kappa shape index (κ2) is 3.90. The normalized spacial score (nSPS) is 30.2. The summed E-state index contributed by atoms with van der Waals surface area (Å²) < 4.78 is 5.48. The van der Waals surface area contributed by atoms with E-state index < -0.39 is 0 Å². The number of thiophene rings is 1. The van der Waals surface area contributed by atoms with Crippen molar-refractivity contribution in [1.29, 1.82) is 0 Å². The van der Waals surface area contributed by atoms with E-state index in [0.717, 1.165) is 23.7 Å². The molecule has 2 aromatic heterocycles. The van der Waals surface area contributed by atoms with E-state index in [-0.39, 0.29) is 0 Å². The summed E-state index contributed by atoms with van der Waals surface area (Å²) in [5.41, 5.74) is 2.32. The lowest BCUT2D eigenvalue weighted by atomic mass is 9.89. The third-order valence-electron chi connectivity index (χ3n) is 4.16. The molecule has 2 aliphatic heterocycles. The molecule has 4 nitrogen and oxygen atoms in total. The number of nitrogens with zero attached hydrogens (tertiary/aromatic N) is 2. The van der Waals surface area contributed by atoms with Gasteiger partial charge in [0.05, 0.1) is 5.92 Å². The van der Waals surface area contributed by atoms with Crippen LogP contribution in [0.4, 0.5) is 0 Å². The summed E-state index contributed by atoms with van der Waals surface area (Å²) in [7, 11) is 0. The minimum atomic E-state index is 0.420. The van der Waals surface area contributed by atoms with Gasteiger partial charge in [-0.2, -0.15) is 16.3 Å². The standard InChI is InChI=1S/C13H15N3OS/c1-7-5-18-6-10(7)12-15-13(17-16-12)9-4-8-2-3-11(9)14-8/h5-6,8-9,11,14H,2-4H2,1H3. The van der Waals surface area contributed by atoms with Crippen LogP contribution in [0, 0.1) is 6.92 Å². The van der Waals surface area contributed by atoms with Gasteiger partial charge in [0.15, 0.2) is 0 Å². The maximum absolute atomic E-state index is 5.48. The molecule has 3 unspecified atom stereocenters. The molecule has 5 heteroatoms. The monoisotopic (exact) mass is 261 g/mol. The summed E-state index contributed by atoms with van der Waals surface area (Å²) in [5.74, 6) is 1.98. The maximum atomic E-state index is 5.48. The van der Waals surface area contributed by atoms with Crippen LogP contribution >= 0.6 is 11.3 Å². The number of fused-ring (bicyclic) bond motifs is 2. The van der Waals surface area contributed by atoms with E-state index in [4.69, 9.17) is 4.52 Å². The van der Waals surface area contributed by atoms with Crippen LogP contribution in [0.2, 0.25) is 0 Å². The van der Waals surface area contributed by atoms with Crippen molar-refractivity contribution in [1.82, 2.24) is 15.5 Å². The van der Waals surface area contributed by atoms with Gasteiger partial charge in [-0.3, -0.25) is 0 Å². The molecular formula is C13H15N3OS. The Labute approximate surface area is 109 Å². The predicted molar refractivity (Wildman–Crippen MR) is 69.7 cm³/mol. The number of hydrogen-bond acceptors (Lipinski definition) is 5. The zero-order chi connectivity index (χ0) is 12.1. The molecule has 0 aromatic carbocycles. The van der Waals surface area contributed by atoms with Crippen LogP contribution in [-0.2, 0) is 0 Å². The molecule has 0 spiro atoms. The smallest absolute Gasteiger partial charge is 0.231 e. The Balaban J connectivity index is 1.65. The molecule has 4 rings (SSSR count). The van der Waals surface area contributed by atoms with Gasteiger partial charge in [0.1, 0.15) is 0 Å². The molecule has 18 heavy (non-hydrogen) atoms. The van der Waals surface area contributed by atoms with Gasteiger partial charge in [-0.25, -0.2) is 0 Å². The quantitative estimate of drug-likeness (QED) is 0.903. The van der Waals surface area contributed by atoms with Crippen LogP contribution < -0.4 is 5.32 Å². The van der Waals surface area contributed by atoms with Gasteiger partial charge in [0.2, 0.25) is 11.7 Å². The fourth-order valence-electron chi connectivity index (χ4n) is 3.18. The Kier molecular flexibility index (Phi) is 2.32. The molecule has 2 bridgehead atoms. The minimum Gasteiger partial charge on any atom is -0.339 e. The second-order valence-corrected chi connectivity index (χ2v) is 6.06. The fraction of sp³-hybridized carbons (Fsp3) is 0.538. The zero-order valence-corrected chi connectivity index (χ0v) is 11.0. The van der Waals surface area contributed by atoms with E-state index >= 15 is 0 Å². The third-order valence-corrected chi connectivity index (χ3v) is 5.02. The van der Waals surface area contributed by atoms with E-state index in [9.17, 15) is 0 Å². The molecule has 2 aliphatic rings. The molecule has 2 fully saturated rings. The van der Waals surface area contributed by atoms with Crippen molar-refractivity contribution in [3.8, 4) is 11.4 Å². The predicted octanol–water partition coefficient (Wildman–Crippen LogP) is 2.71. The highest BCUT2D eigenvalue weighted by Crippen LogP contribution is 2.39. The topological polar surface area (TPSA) is 51.0 Å². The van der Waals surface area contributed by atoms with Crippen molar-refractivity contribution in [3.63, 3.8) is 0 Å². The lowest BCUT2D eigenvalue weighted by molar-refractivity contribution is 0.329. The minimum absolute atomic E-state index is 0.420. The summed E-state index contributed by atoms with van der Waals surface area (Å²) in [6.45, 7) is 2.08. The van der Waals surface area contributed by atoms with E-state index in [2.05, 4.69) is 33.1 Å². The van der Waals surface area contributed by atoms with Gasteiger partial charge in [0.25, 0.3) is 0 Å². The van der Waals surface area contributed by atoms with E-state index in [1.54, 1.807) is 11.3 Å². The van der Waals surface area contributed by atoms with E-state index in [1.807, 2.05) is 0 Å². The SMILES string of the molecule is Cc1cscc1-c1noc(C2CC3CCC2N3)n1. The Morgan fingerprint density at radius 3 is 3.00 bits per heavy atom. The second-order valence-electron chi connectivity index (χ2n) is 5.31. The summed E-state index contributed by atoms with van der Waals surface area (Å²) in [4.78, 5) is 4.60. The highest BCUT2D eigenvalue weighted by atomic mass is 32.1. The van der Waals surface area contributed by atoms with Gasteiger partial charge < -0.3 is 9.84 Å². The fourth-order valence-corrected chi connectivity index (χ4v) is 4.01. The van der Waals surface area contributed by atoms with Gasteiger partial charge in [-0.1, -0.05) is 5.16 Å². The van der Waals surface area contributed by atoms with Crippen LogP contribution in [0.15, 0.2) is 15.3 Å². The number of hydrogen-bond donors (Lipinski definition) is 1. The van der Waals surface area contributed by atoms with Crippen molar-refractivity contribution in [2.75, 3.05) is 0 Å². The molecule has 2 aromatic rings. The summed E-state index contributed by atoms with van der Waals surface area (Å²) >= 11 is 1.68. The van der Waals surface area contributed by atoms with Gasteiger partial charge in [0, 0.05) is 23.0 Å². The number of aromatic nitrogens is 2. The lowest BCUT2D eigenvalue weighted by Gasteiger charge is -2.15. The Hall–Kier alpha value is -1.20. The first-order chi connectivity index (χ1) is 8.81. The van der Waals surface area contributed by atoms with Crippen molar-refractivity contribution < 1.29 is 4.52 Å². The Bertz CT molecular complexity index is 576. The van der Waals surface area contributed by atoms with Crippen LogP contribution in [0.5, 0.6) is 0 Å². The summed E-state index contributed by atoms with van der Waals surface area (Å²) in [5, 5.41) is 11.9. The third kappa shape index (κ3) is 1.54. The van der Waals surface area contributed by atoms with Crippen LogP contribution in [-0.4, -0.2) is 22.2 Å². The number of aryl methyl sites for hydroxylation is 1. The van der Waals surface area contributed by atoms with Gasteiger partial charge in [-0.05, 0) is 37.1 Å². The molecule has 4 heterocycles. The first-order valence-electron chi connectivity index (χ1n) is 6.44. The maximum Gasteiger partial charge on any atom is 0.231 e. The first kappa shape index (κ1) is 10.7. The highest BCUT2D eigenvalue weighted by molar-refractivity contribution is 7.08. The number of rotatable bonds is 2. The molecule has 0 amide bonds. The van der Waals surface area contributed by atoms with Gasteiger partial charge in [-0.15, -0.1) is 0 Å². The van der Waals surface area contributed by atoms with E-state index in [1.165, 1.54) is 18.4 Å². The van der Waals surface area contributed by atoms with Crippen molar-refractivity contribution in [2.45, 2.75) is 44.2 Å². The van der Waals surface area contributed by atoms with Crippen molar-refractivity contribution >= 4 is 11.3 Å². The Morgan fingerprint density at radius 2 is 2.33 bits per heavy atom. The molecule has 0 saturated carbocycles. The number of nitrogens with one attached hydrogen (secondary N) is 1. The average Bonchev–Trinajstić information content (AvgIpc) is 3.12. The van der Waals surface area contributed by atoms with Crippen LogP contribution in [0.3, 0.4) is 0 Å². The molecule has 0 aliphatic carbocycles. The molecule has 1 N–H and O–H groups in total. The van der Waals surface area contributed by atoms with E-state index in [0.29, 0.717) is 18.0 Å². The Morgan fingerprint density at radius 1 is 1.39 bits per heavy atom. The molecule has 0 radical (unpaired) electrons. The van der Waals surface area contributed by atoms with Crippen molar-refractivity contribution in [3.05, 3.63) is 22.2 Å². The average molecular weight is 261 g/mol. The van der Waals surface area contributed by atoms with Crippen LogP contribution in [0.1, 0.15) is 36.6 Å². The van der Waals surface area contributed by atoms with Gasteiger partial charge >= 0.3 is 0 Å².